The van der Waals surface area contributed by atoms with E-state index in [1.165, 1.54) is 6.08 Å². The van der Waals surface area contributed by atoms with Crippen molar-refractivity contribution >= 4 is 27.4 Å². The van der Waals surface area contributed by atoms with Crippen LogP contribution in [0.25, 0.3) is 10.1 Å². The fourth-order valence-electron chi connectivity index (χ4n) is 2.20. The van der Waals surface area contributed by atoms with E-state index in [1.54, 1.807) is 36.7 Å². The van der Waals surface area contributed by atoms with Gasteiger partial charge in [-0.25, -0.2) is 0 Å². The van der Waals surface area contributed by atoms with Gasteiger partial charge >= 0.3 is 5.97 Å². The summed E-state index contributed by atoms with van der Waals surface area (Å²) in [6.07, 6.45) is 11.6. The van der Waals surface area contributed by atoms with Crippen molar-refractivity contribution in [2.75, 3.05) is 7.11 Å². The summed E-state index contributed by atoms with van der Waals surface area (Å²) in [7, 11) is 1.65. The van der Waals surface area contributed by atoms with Gasteiger partial charge in [-0.2, -0.15) is 5.26 Å². The van der Waals surface area contributed by atoms with Crippen molar-refractivity contribution in [2.24, 2.45) is 0 Å². The third kappa shape index (κ3) is 13.5. The summed E-state index contributed by atoms with van der Waals surface area (Å²) in [6.45, 7) is 15.4. The van der Waals surface area contributed by atoms with Gasteiger partial charge in [0.25, 0.3) is 0 Å². The molecule has 5 nitrogen and oxygen atoms in total. The SMILES string of the molecule is C=C.C=C/C=C\CC(=O)O.CC.CC/C=C(\C=C/CC#N)Oc1sc2ccccc2c1OC. The molecule has 0 aliphatic rings. The Morgan fingerprint density at radius 3 is 2.45 bits per heavy atom. The second-order valence-electron chi connectivity index (χ2n) is 5.56. The van der Waals surface area contributed by atoms with Crippen molar-refractivity contribution < 1.29 is 19.4 Å². The van der Waals surface area contributed by atoms with Gasteiger partial charge in [-0.1, -0.05) is 75.1 Å². The zero-order valence-electron chi connectivity index (χ0n) is 20.0. The van der Waals surface area contributed by atoms with Crippen LogP contribution >= 0.6 is 11.3 Å². The first-order valence-electron chi connectivity index (χ1n) is 10.5. The van der Waals surface area contributed by atoms with Crippen LogP contribution in [0.2, 0.25) is 0 Å². The third-order valence-corrected chi connectivity index (χ3v) is 4.43. The van der Waals surface area contributed by atoms with Crippen molar-refractivity contribution in [3.8, 4) is 16.9 Å². The number of methoxy groups -OCH3 is 1. The van der Waals surface area contributed by atoms with Gasteiger partial charge in [-0.05, 0) is 30.7 Å². The van der Waals surface area contributed by atoms with Gasteiger partial charge in [-0.3, -0.25) is 4.79 Å². The maximum absolute atomic E-state index is 9.79. The Balaban J connectivity index is 0. The van der Waals surface area contributed by atoms with Gasteiger partial charge in [0.05, 0.1) is 26.0 Å². The normalized spacial score (nSPS) is 10.1. The molecule has 0 unspecified atom stereocenters. The first kappa shape index (κ1) is 31.6. The summed E-state index contributed by atoms with van der Waals surface area (Å²) in [5.41, 5.74) is 0. The topological polar surface area (TPSA) is 79.5 Å². The third-order valence-electron chi connectivity index (χ3n) is 3.40. The highest BCUT2D eigenvalue weighted by molar-refractivity contribution is 7.21. The quantitative estimate of drug-likeness (QED) is 0.228. The summed E-state index contributed by atoms with van der Waals surface area (Å²) >= 11 is 1.55. The molecule has 1 aromatic carbocycles. The van der Waals surface area contributed by atoms with Gasteiger partial charge < -0.3 is 14.6 Å². The van der Waals surface area contributed by atoms with Crippen LogP contribution in [-0.4, -0.2) is 18.2 Å². The van der Waals surface area contributed by atoms with E-state index < -0.39 is 5.97 Å². The Bertz CT molecular complexity index is 949. The number of thiophene rings is 1. The maximum Gasteiger partial charge on any atom is 0.307 e. The number of carboxylic acid groups (broad SMARTS) is 1. The van der Waals surface area contributed by atoms with Gasteiger partial charge in [0.1, 0.15) is 5.76 Å². The Labute approximate surface area is 202 Å². The monoisotopic (exact) mass is 469 g/mol. The molecule has 0 atom stereocenters. The summed E-state index contributed by atoms with van der Waals surface area (Å²) in [5.74, 6) is 0.673. The van der Waals surface area contributed by atoms with E-state index in [9.17, 15) is 4.79 Å². The predicted octanol–water partition coefficient (Wildman–Crippen LogP) is 8.08. The lowest BCUT2D eigenvalue weighted by atomic mass is 10.2. The molecular weight excluding hydrogens is 434 g/mol. The van der Waals surface area contributed by atoms with E-state index in [1.807, 2.05) is 57.2 Å². The average molecular weight is 470 g/mol. The van der Waals surface area contributed by atoms with Crippen LogP contribution in [0.5, 0.6) is 10.8 Å². The molecule has 0 amide bonds. The number of carboxylic acids is 1. The minimum atomic E-state index is -0.817. The molecule has 6 heteroatoms. The highest BCUT2D eigenvalue weighted by Crippen LogP contribution is 2.44. The van der Waals surface area contributed by atoms with Crippen LogP contribution in [0.1, 0.15) is 40.0 Å². The largest absolute Gasteiger partial charge is 0.491 e. The number of benzene rings is 1. The number of ether oxygens (including phenoxy) is 2. The lowest BCUT2D eigenvalue weighted by molar-refractivity contribution is -0.136. The number of hydrogen-bond donors (Lipinski definition) is 1. The second-order valence-corrected chi connectivity index (χ2v) is 6.58. The van der Waals surface area contributed by atoms with Crippen LogP contribution < -0.4 is 9.47 Å². The minimum absolute atomic E-state index is 0.0754. The highest BCUT2D eigenvalue weighted by atomic mass is 32.1. The lowest BCUT2D eigenvalue weighted by Crippen LogP contribution is -1.92. The number of allylic oxidation sites excluding steroid dienone is 5. The summed E-state index contributed by atoms with van der Waals surface area (Å²) in [4.78, 5) is 9.79. The Morgan fingerprint density at radius 1 is 1.24 bits per heavy atom. The molecule has 0 bridgehead atoms. The molecule has 0 radical (unpaired) electrons. The van der Waals surface area contributed by atoms with Crippen molar-refractivity contribution in [1.82, 2.24) is 0 Å². The molecule has 0 saturated heterocycles. The minimum Gasteiger partial charge on any atom is -0.491 e. The van der Waals surface area contributed by atoms with Gasteiger partial charge in [0, 0.05) is 10.1 Å². The molecule has 0 aliphatic carbocycles. The zero-order chi connectivity index (χ0) is 25.5. The first-order valence-corrected chi connectivity index (χ1v) is 11.3. The Kier molecular flexibility index (Phi) is 20.8. The Morgan fingerprint density at radius 2 is 1.91 bits per heavy atom. The number of fused-ring (bicyclic) bond motifs is 1. The van der Waals surface area contributed by atoms with E-state index in [-0.39, 0.29) is 6.42 Å². The molecule has 0 spiro atoms. The van der Waals surface area contributed by atoms with E-state index in [2.05, 4.69) is 25.8 Å². The number of nitriles is 1. The van der Waals surface area contributed by atoms with E-state index in [0.29, 0.717) is 6.42 Å². The first-order chi connectivity index (χ1) is 16.1. The Hall–Kier alpha value is -3.56. The fraction of sp³-hybridized carbons (Fsp3) is 0.259. The molecule has 0 saturated carbocycles. The number of hydrogen-bond acceptors (Lipinski definition) is 5. The van der Waals surface area contributed by atoms with Crippen molar-refractivity contribution in [1.29, 1.82) is 5.26 Å². The van der Waals surface area contributed by atoms with Gasteiger partial charge in [-0.15, -0.1) is 13.2 Å². The average Bonchev–Trinajstić information content (AvgIpc) is 3.19. The van der Waals surface area contributed by atoms with E-state index >= 15 is 0 Å². The van der Waals surface area contributed by atoms with E-state index in [0.717, 1.165) is 33.1 Å². The van der Waals surface area contributed by atoms with Crippen LogP contribution in [0.3, 0.4) is 0 Å². The molecule has 2 aromatic rings. The van der Waals surface area contributed by atoms with Crippen molar-refractivity contribution in [3.63, 3.8) is 0 Å². The van der Waals surface area contributed by atoms with Crippen LogP contribution in [0.4, 0.5) is 0 Å². The molecule has 1 N–H and O–H groups in total. The maximum atomic E-state index is 9.79. The van der Waals surface area contributed by atoms with Crippen molar-refractivity contribution in [2.45, 2.75) is 40.0 Å². The molecule has 2 rings (SSSR count). The van der Waals surface area contributed by atoms with Gasteiger partial charge in [0.2, 0.25) is 5.06 Å². The molecule has 0 fully saturated rings. The molecule has 0 aliphatic heterocycles. The molecular formula is C27H35NO4S. The molecule has 33 heavy (non-hydrogen) atoms. The molecule has 1 aromatic heterocycles. The zero-order valence-corrected chi connectivity index (χ0v) is 20.9. The number of nitrogens with zero attached hydrogens (tertiary/aromatic N) is 1. The van der Waals surface area contributed by atoms with Crippen molar-refractivity contribution in [3.05, 3.63) is 86.2 Å². The number of carbonyl (C=O) groups is 1. The van der Waals surface area contributed by atoms with E-state index in [4.69, 9.17) is 19.8 Å². The van der Waals surface area contributed by atoms with Crippen LogP contribution in [0, 0.1) is 11.3 Å². The molecule has 178 valence electrons. The fourth-order valence-corrected chi connectivity index (χ4v) is 3.25. The van der Waals surface area contributed by atoms with Gasteiger partial charge in [0.15, 0.2) is 5.75 Å². The number of aliphatic carboxylic acids is 1. The van der Waals surface area contributed by atoms with Crippen LogP contribution in [0.15, 0.2) is 86.2 Å². The highest BCUT2D eigenvalue weighted by Gasteiger charge is 2.14. The lowest BCUT2D eigenvalue weighted by Gasteiger charge is -2.06. The number of rotatable bonds is 9. The summed E-state index contributed by atoms with van der Waals surface area (Å²) < 4.78 is 12.6. The summed E-state index contributed by atoms with van der Waals surface area (Å²) in [5, 5.41) is 18.4. The smallest absolute Gasteiger partial charge is 0.307 e. The summed E-state index contributed by atoms with van der Waals surface area (Å²) in [6, 6.07) is 10.1. The predicted molar refractivity (Wildman–Crippen MR) is 141 cm³/mol. The van der Waals surface area contributed by atoms with Crippen LogP contribution in [-0.2, 0) is 4.79 Å². The second kappa shape index (κ2) is 21.7. The molecule has 1 heterocycles. The standard InChI is InChI=1S/C17H17NO2S.C6H8O2.C2H6.C2H4/c1-3-8-13(9-6-7-12-18)20-17-16(19-2)14-10-4-5-11-15(14)21-17;1-2-3-4-5-6(7)8;2*1-2/h4-6,8-11H,3,7H2,1-2H3;2-4H,1,5H2,(H,7,8);1-2H3;1-2H2/b9-6-,13-8+;4-3-;;.